The first-order chi connectivity index (χ1) is 9.66. The summed E-state index contributed by atoms with van der Waals surface area (Å²) >= 11 is 0. The molecule has 0 heterocycles. The van der Waals surface area contributed by atoms with Crippen LogP contribution >= 0.6 is 10.7 Å². The molecule has 1 aromatic carbocycles. The lowest BCUT2D eigenvalue weighted by Gasteiger charge is -2.15. The van der Waals surface area contributed by atoms with Crippen LogP contribution in [0.2, 0.25) is 0 Å². The van der Waals surface area contributed by atoms with Gasteiger partial charge in [0.2, 0.25) is 0 Å². The molecule has 1 N–H and O–H groups in total. The standard InChI is InChI=1S/C14H20ClNO4S/c1-5-9(2)16-14(17)8-20-12-6-7-13(21(15,18)19)11(4)10(12)3/h6-7,9H,5,8H2,1-4H3,(H,16,17). The highest BCUT2D eigenvalue weighted by atomic mass is 35.7. The van der Waals surface area contributed by atoms with Gasteiger partial charge < -0.3 is 10.1 Å². The lowest BCUT2D eigenvalue weighted by atomic mass is 10.1. The molecule has 1 amide bonds. The minimum Gasteiger partial charge on any atom is -0.483 e. The highest BCUT2D eigenvalue weighted by Gasteiger charge is 2.17. The maximum absolute atomic E-state index is 11.7. The lowest BCUT2D eigenvalue weighted by Crippen LogP contribution is -2.35. The molecule has 0 radical (unpaired) electrons. The average Bonchev–Trinajstić information content (AvgIpc) is 2.38. The Labute approximate surface area is 130 Å². The zero-order valence-electron chi connectivity index (χ0n) is 12.6. The van der Waals surface area contributed by atoms with Gasteiger partial charge in [0.25, 0.3) is 15.0 Å². The summed E-state index contributed by atoms with van der Waals surface area (Å²) in [6.45, 7) is 7.15. The van der Waals surface area contributed by atoms with Gasteiger partial charge in [0.15, 0.2) is 6.61 Å². The topological polar surface area (TPSA) is 72.5 Å². The summed E-state index contributed by atoms with van der Waals surface area (Å²) in [7, 11) is 1.57. The molecule has 5 nitrogen and oxygen atoms in total. The van der Waals surface area contributed by atoms with Gasteiger partial charge in [-0.2, -0.15) is 0 Å². The summed E-state index contributed by atoms with van der Waals surface area (Å²) < 4.78 is 28.2. The molecule has 0 spiro atoms. The van der Waals surface area contributed by atoms with Crippen molar-refractivity contribution < 1.29 is 17.9 Å². The van der Waals surface area contributed by atoms with E-state index in [-0.39, 0.29) is 23.5 Å². The maximum atomic E-state index is 11.7. The van der Waals surface area contributed by atoms with Gasteiger partial charge in [0.05, 0.1) is 4.90 Å². The first-order valence-electron chi connectivity index (χ1n) is 6.63. The SMILES string of the molecule is CCC(C)NC(=O)COc1ccc(S(=O)(=O)Cl)c(C)c1C. The third-order valence-corrected chi connectivity index (χ3v) is 4.80. The van der Waals surface area contributed by atoms with Crippen molar-refractivity contribution in [3.63, 3.8) is 0 Å². The third kappa shape index (κ3) is 4.89. The van der Waals surface area contributed by atoms with Crippen molar-refractivity contribution in [3.8, 4) is 5.75 Å². The van der Waals surface area contributed by atoms with Crippen molar-refractivity contribution in [1.29, 1.82) is 0 Å². The fourth-order valence-electron chi connectivity index (χ4n) is 1.75. The quantitative estimate of drug-likeness (QED) is 0.812. The number of carbonyl (C=O) groups is 1. The maximum Gasteiger partial charge on any atom is 0.261 e. The van der Waals surface area contributed by atoms with Gasteiger partial charge in [-0.3, -0.25) is 4.79 Å². The van der Waals surface area contributed by atoms with Gasteiger partial charge >= 0.3 is 0 Å². The molecule has 1 rings (SSSR count). The number of halogens is 1. The Morgan fingerprint density at radius 3 is 2.48 bits per heavy atom. The second-order valence-corrected chi connectivity index (χ2v) is 7.45. The smallest absolute Gasteiger partial charge is 0.261 e. The minimum absolute atomic E-state index is 0.0538. The molecule has 21 heavy (non-hydrogen) atoms. The monoisotopic (exact) mass is 333 g/mol. The van der Waals surface area contributed by atoms with Crippen molar-refractivity contribution >= 4 is 25.6 Å². The van der Waals surface area contributed by atoms with Crippen LogP contribution in [0.25, 0.3) is 0 Å². The van der Waals surface area contributed by atoms with E-state index >= 15 is 0 Å². The van der Waals surface area contributed by atoms with Crippen LogP contribution in [0.1, 0.15) is 31.4 Å². The van der Waals surface area contributed by atoms with Gasteiger partial charge in [0.1, 0.15) is 5.75 Å². The zero-order chi connectivity index (χ0) is 16.2. The average molecular weight is 334 g/mol. The van der Waals surface area contributed by atoms with E-state index in [9.17, 15) is 13.2 Å². The Morgan fingerprint density at radius 2 is 1.95 bits per heavy atom. The Balaban J connectivity index is 2.83. The van der Waals surface area contributed by atoms with E-state index in [2.05, 4.69) is 5.32 Å². The number of benzene rings is 1. The normalized spacial score (nSPS) is 12.8. The molecular weight excluding hydrogens is 314 g/mol. The third-order valence-electron chi connectivity index (χ3n) is 3.33. The van der Waals surface area contributed by atoms with Crippen molar-refractivity contribution in [3.05, 3.63) is 23.3 Å². The van der Waals surface area contributed by atoms with E-state index in [1.54, 1.807) is 13.8 Å². The molecule has 0 aliphatic rings. The minimum atomic E-state index is -3.79. The molecule has 0 aliphatic carbocycles. The van der Waals surface area contributed by atoms with E-state index in [0.29, 0.717) is 16.9 Å². The molecule has 0 saturated carbocycles. The van der Waals surface area contributed by atoms with Crippen LogP contribution in [0.15, 0.2) is 17.0 Å². The molecule has 7 heteroatoms. The predicted molar refractivity (Wildman–Crippen MR) is 82.3 cm³/mol. The molecule has 1 atom stereocenters. The van der Waals surface area contributed by atoms with Crippen LogP contribution in [0, 0.1) is 13.8 Å². The summed E-state index contributed by atoms with van der Waals surface area (Å²) in [4.78, 5) is 11.7. The molecule has 0 aliphatic heterocycles. The summed E-state index contributed by atoms with van der Waals surface area (Å²) in [5, 5.41) is 2.79. The molecule has 118 valence electrons. The molecule has 0 saturated heterocycles. The van der Waals surface area contributed by atoms with Crippen LogP contribution in [0.5, 0.6) is 5.75 Å². The molecule has 1 unspecified atom stereocenters. The highest BCUT2D eigenvalue weighted by Crippen LogP contribution is 2.28. The van der Waals surface area contributed by atoms with Gasteiger partial charge in [-0.1, -0.05) is 6.92 Å². The molecule has 0 fully saturated rings. The van der Waals surface area contributed by atoms with E-state index in [4.69, 9.17) is 15.4 Å². The number of ether oxygens (including phenoxy) is 1. The Morgan fingerprint density at radius 1 is 1.33 bits per heavy atom. The Bertz CT molecular complexity index is 628. The first kappa shape index (κ1) is 17.8. The summed E-state index contributed by atoms with van der Waals surface area (Å²) in [5.41, 5.74) is 1.16. The summed E-state index contributed by atoms with van der Waals surface area (Å²) in [5.74, 6) is 0.256. The van der Waals surface area contributed by atoms with Crippen LogP contribution in [0.3, 0.4) is 0 Å². The first-order valence-corrected chi connectivity index (χ1v) is 8.94. The lowest BCUT2D eigenvalue weighted by molar-refractivity contribution is -0.123. The van der Waals surface area contributed by atoms with Gasteiger partial charge in [0, 0.05) is 16.7 Å². The summed E-state index contributed by atoms with van der Waals surface area (Å²) in [6.07, 6.45) is 0.839. The number of rotatable bonds is 6. The highest BCUT2D eigenvalue weighted by molar-refractivity contribution is 8.13. The van der Waals surface area contributed by atoms with Crippen LogP contribution in [-0.4, -0.2) is 27.0 Å². The second kappa shape index (κ2) is 7.13. The number of amides is 1. The number of nitrogens with one attached hydrogen (secondary N) is 1. The van der Waals surface area contributed by atoms with Crippen LogP contribution in [-0.2, 0) is 13.8 Å². The fraction of sp³-hybridized carbons (Fsp3) is 0.500. The number of hydrogen-bond donors (Lipinski definition) is 1. The number of hydrogen-bond acceptors (Lipinski definition) is 4. The largest absolute Gasteiger partial charge is 0.483 e. The zero-order valence-corrected chi connectivity index (χ0v) is 14.1. The van der Waals surface area contributed by atoms with Crippen molar-refractivity contribution in [2.45, 2.75) is 45.1 Å². The van der Waals surface area contributed by atoms with Crippen molar-refractivity contribution in [1.82, 2.24) is 5.32 Å². The van der Waals surface area contributed by atoms with Crippen molar-refractivity contribution in [2.24, 2.45) is 0 Å². The fourth-order valence-corrected chi connectivity index (χ4v) is 3.00. The molecule has 0 bridgehead atoms. The molecular formula is C14H20ClNO4S. The van der Waals surface area contributed by atoms with Crippen LogP contribution in [0.4, 0.5) is 0 Å². The van der Waals surface area contributed by atoms with E-state index in [1.807, 2.05) is 13.8 Å². The van der Waals surface area contributed by atoms with E-state index in [0.717, 1.165) is 6.42 Å². The van der Waals surface area contributed by atoms with E-state index in [1.165, 1.54) is 12.1 Å². The summed E-state index contributed by atoms with van der Waals surface area (Å²) in [6, 6.07) is 2.98. The van der Waals surface area contributed by atoms with Gasteiger partial charge in [-0.15, -0.1) is 0 Å². The predicted octanol–water partition coefficient (Wildman–Crippen LogP) is 2.52. The second-order valence-electron chi connectivity index (χ2n) is 4.92. The van der Waals surface area contributed by atoms with Crippen LogP contribution < -0.4 is 10.1 Å². The Kier molecular flexibility index (Phi) is 6.04. The molecule has 0 aromatic heterocycles. The molecule has 1 aromatic rings. The van der Waals surface area contributed by atoms with E-state index < -0.39 is 9.05 Å². The van der Waals surface area contributed by atoms with Gasteiger partial charge in [-0.05, 0) is 50.5 Å². The van der Waals surface area contributed by atoms with Gasteiger partial charge in [-0.25, -0.2) is 8.42 Å². The van der Waals surface area contributed by atoms with Crippen molar-refractivity contribution in [2.75, 3.05) is 6.61 Å². The Hall–Kier alpha value is -1.27. The number of carbonyl (C=O) groups excluding carboxylic acids is 1.